The van der Waals surface area contributed by atoms with Gasteiger partial charge in [0.2, 0.25) is 0 Å². The minimum absolute atomic E-state index is 0.192. The number of fused-ring (bicyclic) bond motifs is 2. The summed E-state index contributed by atoms with van der Waals surface area (Å²) in [5.74, 6) is -0.931. The first kappa shape index (κ1) is 17.9. The summed E-state index contributed by atoms with van der Waals surface area (Å²) in [4.78, 5) is 17.8. The molecule has 2 aromatic carbocycles. The van der Waals surface area contributed by atoms with Crippen LogP contribution in [0.5, 0.6) is 0 Å². The lowest BCUT2D eigenvalue weighted by molar-refractivity contribution is 0.0470. The molecule has 138 valence electrons. The normalized spacial score (nSPS) is 13.9. The van der Waals surface area contributed by atoms with Gasteiger partial charge in [-0.2, -0.15) is 0 Å². The number of halogens is 2. The Hall–Kier alpha value is -2.46. The molecule has 1 aromatic heterocycles. The van der Waals surface area contributed by atoms with E-state index in [4.69, 9.17) is 21.3 Å². The summed E-state index contributed by atoms with van der Waals surface area (Å²) >= 11 is 6.05. The molecule has 0 unspecified atom stereocenters. The molecule has 0 fully saturated rings. The van der Waals surface area contributed by atoms with Gasteiger partial charge in [0.25, 0.3) is 0 Å². The monoisotopic (exact) mass is 383 g/mol. The van der Waals surface area contributed by atoms with E-state index in [0.717, 1.165) is 54.3 Å². The molecule has 27 heavy (non-hydrogen) atoms. The molecule has 3 aromatic rings. The molecule has 3 nitrogen and oxygen atoms in total. The summed E-state index contributed by atoms with van der Waals surface area (Å²) in [6.45, 7) is -0.199. The van der Waals surface area contributed by atoms with Crippen LogP contribution in [0, 0.1) is 5.82 Å². The number of aryl methyl sites for hydroxylation is 1. The largest absolute Gasteiger partial charge is 0.457 e. The van der Waals surface area contributed by atoms with Crippen LogP contribution in [0.15, 0.2) is 42.5 Å². The molecule has 5 heteroatoms. The Bertz CT molecular complexity index is 998. The molecule has 0 spiro atoms. The molecule has 0 radical (unpaired) electrons. The van der Waals surface area contributed by atoms with Crippen molar-refractivity contribution >= 4 is 28.5 Å². The number of aromatic nitrogens is 1. The van der Waals surface area contributed by atoms with Crippen molar-refractivity contribution in [3.63, 3.8) is 0 Å². The Labute approximate surface area is 162 Å². The molecule has 4 rings (SSSR count). The Morgan fingerprint density at radius 1 is 1.07 bits per heavy atom. The van der Waals surface area contributed by atoms with E-state index in [1.807, 2.05) is 24.3 Å². The fraction of sp³-hybridized carbons (Fsp3) is 0.273. The fourth-order valence-electron chi connectivity index (χ4n) is 3.66. The number of rotatable bonds is 3. The molecule has 1 heterocycles. The smallest absolute Gasteiger partial charge is 0.339 e. The fourth-order valence-corrected chi connectivity index (χ4v) is 3.88. The van der Waals surface area contributed by atoms with Gasteiger partial charge in [0.1, 0.15) is 12.4 Å². The topological polar surface area (TPSA) is 39.2 Å². The van der Waals surface area contributed by atoms with E-state index in [1.54, 1.807) is 6.07 Å². The molecule has 0 amide bonds. The van der Waals surface area contributed by atoms with Crippen LogP contribution >= 0.6 is 11.6 Å². The summed E-state index contributed by atoms with van der Waals surface area (Å²) < 4.78 is 19.5. The lowest BCUT2D eigenvalue weighted by atomic mass is 9.97. The van der Waals surface area contributed by atoms with Gasteiger partial charge in [0, 0.05) is 16.6 Å². The van der Waals surface area contributed by atoms with E-state index < -0.39 is 11.8 Å². The number of hydrogen-bond donors (Lipinski definition) is 0. The summed E-state index contributed by atoms with van der Waals surface area (Å²) in [7, 11) is 0. The number of carbonyl (C=O) groups is 1. The first-order valence-corrected chi connectivity index (χ1v) is 9.53. The standard InChI is InChI=1S/C22H19ClFNO2/c23-17-9-6-10-18(24)16(17)13-27-22(26)21-14-7-2-1-3-11-19(14)25-20-12-5-4-8-15(20)21/h4-6,8-10,12H,1-3,7,11,13H2. The van der Waals surface area contributed by atoms with Crippen molar-refractivity contribution in [2.75, 3.05) is 0 Å². The lowest BCUT2D eigenvalue weighted by Crippen LogP contribution is -2.13. The van der Waals surface area contributed by atoms with E-state index in [-0.39, 0.29) is 17.2 Å². The maximum atomic E-state index is 14.0. The van der Waals surface area contributed by atoms with E-state index in [2.05, 4.69) is 0 Å². The molecule has 0 saturated heterocycles. The highest BCUT2D eigenvalue weighted by molar-refractivity contribution is 6.31. The predicted molar refractivity (Wildman–Crippen MR) is 104 cm³/mol. The lowest BCUT2D eigenvalue weighted by Gasteiger charge is -2.15. The van der Waals surface area contributed by atoms with Crippen LogP contribution in [0.25, 0.3) is 10.9 Å². The van der Waals surface area contributed by atoms with Crippen LogP contribution in [0.3, 0.4) is 0 Å². The van der Waals surface area contributed by atoms with Gasteiger partial charge in [-0.15, -0.1) is 0 Å². The van der Waals surface area contributed by atoms with E-state index >= 15 is 0 Å². The van der Waals surface area contributed by atoms with Crippen LogP contribution in [0.1, 0.15) is 46.4 Å². The van der Waals surface area contributed by atoms with Gasteiger partial charge in [-0.25, -0.2) is 9.18 Å². The van der Waals surface area contributed by atoms with Gasteiger partial charge in [-0.05, 0) is 49.4 Å². The number of carbonyl (C=O) groups excluding carboxylic acids is 1. The van der Waals surface area contributed by atoms with Crippen molar-refractivity contribution in [2.24, 2.45) is 0 Å². The molecule has 0 atom stereocenters. The van der Waals surface area contributed by atoms with Crippen LogP contribution in [0.4, 0.5) is 4.39 Å². The van der Waals surface area contributed by atoms with Gasteiger partial charge in [-0.3, -0.25) is 4.98 Å². The number of para-hydroxylation sites is 1. The van der Waals surface area contributed by atoms with Crippen molar-refractivity contribution in [3.05, 3.63) is 75.7 Å². The quantitative estimate of drug-likeness (QED) is 0.433. The average Bonchev–Trinajstić information content (AvgIpc) is 2.90. The summed E-state index contributed by atoms with van der Waals surface area (Å²) in [6.07, 6.45) is 4.87. The minimum Gasteiger partial charge on any atom is -0.457 e. The van der Waals surface area contributed by atoms with Gasteiger partial charge in [0.15, 0.2) is 0 Å². The molecule has 0 N–H and O–H groups in total. The summed E-state index contributed by atoms with van der Waals surface area (Å²) in [6, 6.07) is 12.0. The highest BCUT2D eigenvalue weighted by atomic mass is 35.5. The summed E-state index contributed by atoms with van der Waals surface area (Å²) in [5.41, 5.74) is 3.48. The highest BCUT2D eigenvalue weighted by Crippen LogP contribution is 2.30. The molecule has 1 aliphatic rings. The second kappa shape index (κ2) is 7.65. The SMILES string of the molecule is O=C(OCc1c(F)cccc1Cl)c1c2c(nc3ccccc13)CCCCC2. The number of ether oxygens (including phenoxy) is 1. The van der Waals surface area contributed by atoms with E-state index in [9.17, 15) is 9.18 Å². The first-order chi connectivity index (χ1) is 13.1. The number of pyridine rings is 1. The third-order valence-corrected chi connectivity index (χ3v) is 5.39. The molecular formula is C22H19ClFNO2. The number of nitrogens with zero attached hydrogens (tertiary/aromatic N) is 1. The Morgan fingerprint density at radius 2 is 1.89 bits per heavy atom. The Morgan fingerprint density at radius 3 is 2.74 bits per heavy atom. The van der Waals surface area contributed by atoms with Crippen LogP contribution in [0.2, 0.25) is 5.02 Å². The molecular weight excluding hydrogens is 365 g/mol. The van der Waals surface area contributed by atoms with Gasteiger partial charge >= 0.3 is 5.97 Å². The van der Waals surface area contributed by atoms with Crippen molar-refractivity contribution in [1.82, 2.24) is 4.98 Å². The van der Waals surface area contributed by atoms with Crippen LogP contribution in [-0.4, -0.2) is 11.0 Å². The predicted octanol–water partition coefficient (Wildman–Crippen LogP) is 5.65. The van der Waals surface area contributed by atoms with Crippen molar-refractivity contribution in [3.8, 4) is 0 Å². The number of esters is 1. The van der Waals surface area contributed by atoms with E-state index in [0.29, 0.717) is 5.56 Å². The third kappa shape index (κ3) is 3.54. The van der Waals surface area contributed by atoms with Crippen molar-refractivity contribution in [2.45, 2.75) is 38.7 Å². The molecule has 0 aliphatic heterocycles. The van der Waals surface area contributed by atoms with Crippen molar-refractivity contribution < 1.29 is 13.9 Å². The minimum atomic E-state index is -0.478. The Balaban J connectivity index is 1.73. The molecule has 1 aliphatic carbocycles. The van der Waals surface area contributed by atoms with Crippen LogP contribution in [-0.2, 0) is 24.2 Å². The molecule has 0 bridgehead atoms. The van der Waals surface area contributed by atoms with Gasteiger partial charge in [-0.1, -0.05) is 42.3 Å². The summed E-state index contributed by atoms with van der Waals surface area (Å²) in [5, 5.41) is 1.03. The zero-order chi connectivity index (χ0) is 18.8. The zero-order valence-corrected chi connectivity index (χ0v) is 15.6. The number of benzene rings is 2. The second-order valence-corrected chi connectivity index (χ2v) is 7.17. The highest BCUT2D eigenvalue weighted by Gasteiger charge is 2.23. The second-order valence-electron chi connectivity index (χ2n) is 6.77. The van der Waals surface area contributed by atoms with E-state index in [1.165, 1.54) is 12.1 Å². The number of hydrogen-bond acceptors (Lipinski definition) is 3. The first-order valence-electron chi connectivity index (χ1n) is 9.15. The van der Waals surface area contributed by atoms with Gasteiger partial charge in [0.05, 0.1) is 16.1 Å². The van der Waals surface area contributed by atoms with Crippen molar-refractivity contribution in [1.29, 1.82) is 0 Å². The van der Waals surface area contributed by atoms with Crippen LogP contribution < -0.4 is 0 Å². The zero-order valence-electron chi connectivity index (χ0n) is 14.8. The average molecular weight is 384 g/mol. The maximum absolute atomic E-state index is 14.0. The third-order valence-electron chi connectivity index (χ3n) is 5.03. The Kier molecular flexibility index (Phi) is 5.08. The maximum Gasteiger partial charge on any atom is 0.339 e. The molecule has 0 saturated carbocycles. The van der Waals surface area contributed by atoms with Gasteiger partial charge < -0.3 is 4.74 Å².